The Bertz CT molecular complexity index is 1250. The summed E-state index contributed by atoms with van der Waals surface area (Å²) in [6.45, 7) is 12.2. The van der Waals surface area contributed by atoms with Crippen LogP contribution in [0.5, 0.6) is 0 Å². The lowest BCUT2D eigenvalue weighted by molar-refractivity contribution is -0.205. The van der Waals surface area contributed by atoms with E-state index >= 15 is 0 Å². The normalized spacial score (nSPS) is 23.1. The Balaban J connectivity index is 1.68. The Kier molecular flexibility index (Phi) is 11.1. The first-order valence-electron chi connectivity index (χ1n) is 14.0. The molecule has 5 atom stereocenters. The third kappa shape index (κ3) is 8.69. The minimum atomic E-state index is -2.09. The zero-order valence-corrected chi connectivity index (χ0v) is 26.4. The average molecular weight is 592 g/mol. The standard InChI is InChI=1S/C32H41N3O4SSi/c1-32(2,3)41(4,5)38-23-27-29(36-21-24-15-9-6-10-16-24)30(37-22-25-17-11-7-12-18-25)28(34-35-33)31(39-27)40-26-19-13-8-14-20-26/h6-20,27-31H,21-23H2,1-5H3/t27-,28-,29-,30-,31-/m1/s1. The van der Waals surface area contributed by atoms with Crippen LogP contribution in [0.15, 0.2) is 101 Å². The van der Waals surface area contributed by atoms with Crippen molar-refractivity contribution in [3.63, 3.8) is 0 Å². The molecule has 0 N–H and O–H groups in total. The van der Waals surface area contributed by atoms with Crippen molar-refractivity contribution in [2.45, 2.75) is 86.8 Å². The summed E-state index contributed by atoms with van der Waals surface area (Å²) in [6.07, 6.45) is -1.51. The second kappa shape index (κ2) is 14.5. The first-order chi connectivity index (χ1) is 19.7. The van der Waals surface area contributed by atoms with Gasteiger partial charge in [0.25, 0.3) is 0 Å². The molecule has 0 amide bonds. The summed E-state index contributed by atoms with van der Waals surface area (Å²) < 4.78 is 26.6. The van der Waals surface area contributed by atoms with Gasteiger partial charge in [-0.25, -0.2) is 0 Å². The van der Waals surface area contributed by atoms with E-state index in [4.69, 9.17) is 18.6 Å². The van der Waals surface area contributed by atoms with Crippen LogP contribution in [0.2, 0.25) is 18.1 Å². The number of nitrogens with zero attached hydrogens (tertiary/aromatic N) is 3. The van der Waals surface area contributed by atoms with Gasteiger partial charge in [0, 0.05) is 9.81 Å². The van der Waals surface area contributed by atoms with E-state index < -0.39 is 38.1 Å². The van der Waals surface area contributed by atoms with E-state index in [1.54, 1.807) is 0 Å². The molecule has 0 spiro atoms. The molecule has 0 aliphatic carbocycles. The fourth-order valence-electron chi connectivity index (χ4n) is 4.37. The topological polar surface area (TPSA) is 85.7 Å². The monoisotopic (exact) mass is 591 g/mol. The maximum atomic E-state index is 9.64. The predicted molar refractivity (Wildman–Crippen MR) is 167 cm³/mol. The van der Waals surface area contributed by atoms with Gasteiger partial charge in [0.1, 0.15) is 23.7 Å². The van der Waals surface area contributed by atoms with Crippen molar-refractivity contribution in [1.29, 1.82) is 0 Å². The first kappa shape index (κ1) is 31.3. The second-order valence-electron chi connectivity index (χ2n) is 11.8. The lowest BCUT2D eigenvalue weighted by Crippen LogP contribution is -2.59. The molecule has 1 saturated heterocycles. The molecule has 3 aromatic rings. The van der Waals surface area contributed by atoms with Gasteiger partial charge in [0.05, 0.1) is 25.9 Å². The summed E-state index contributed by atoms with van der Waals surface area (Å²) in [7, 11) is -2.09. The third-order valence-corrected chi connectivity index (χ3v) is 13.4. The highest BCUT2D eigenvalue weighted by molar-refractivity contribution is 7.99. The first-order valence-corrected chi connectivity index (χ1v) is 17.8. The molecular weight excluding hydrogens is 551 g/mol. The van der Waals surface area contributed by atoms with Crippen LogP contribution < -0.4 is 0 Å². The number of thioether (sulfide) groups is 1. The van der Waals surface area contributed by atoms with Gasteiger partial charge < -0.3 is 18.6 Å². The number of rotatable bonds is 12. The highest BCUT2D eigenvalue weighted by Crippen LogP contribution is 2.40. The summed E-state index contributed by atoms with van der Waals surface area (Å²) >= 11 is 1.53. The highest BCUT2D eigenvalue weighted by atomic mass is 32.2. The minimum absolute atomic E-state index is 0.0388. The minimum Gasteiger partial charge on any atom is -0.414 e. The summed E-state index contributed by atoms with van der Waals surface area (Å²) in [5.74, 6) is 0. The van der Waals surface area contributed by atoms with Crippen molar-refractivity contribution in [2.75, 3.05) is 6.61 Å². The van der Waals surface area contributed by atoms with E-state index in [1.165, 1.54) is 11.8 Å². The fraction of sp³-hybridized carbons (Fsp3) is 0.438. The highest BCUT2D eigenvalue weighted by Gasteiger charge is 2.49. The van der Waals surface area contributed by atoms with E-state index in [2.05, 4.69) is 43.9 Å². The molecule has 0 radical (unpaired) electrons. The number of hydrogen-bond acceptors (Lipinski definition) is 6. The van der Waals surface area contributed by atoms with E-state index in [0.717, 1.165) is 16.0 Å². The van der Waals surface area contributed by atoms with Crippen LogP contribution in [0.1, 0.15) is 31.9 Å². The molecule has 218 valence electrons. The Hall–Kier alpha value is -2.62. The summed E-state index contributed by atoms with van der Waals surface area (Å²) in [4.78, 5) is 4.24. The van der Waals surface area contributed by atoms with Gasteiger partial charge in [0.2, 0.25) is 0 Å². The van der Waals surface area contributed by atoms with Crippen molar-refractivity contribution in [3.05, 3.63) is 113 Å². The Morgan fingerprint density at radius 3 is 1.85 bits per heavy atom. The van der Waals surface area contributed by atoms with E-state index in [0.29, 0.717) is 19.8 Å². The zero-order valence-electron chi connectivity index (χ0n) is 24.6. The van der Waals surface area contributed by atoms with Crippen LogP contribution in [0.25, 0.3) is 10.4 Å². The largest absolute Gasteiger partial charge is 0.414 e. The molecule has 41 heavy (non-hydrogen) atoms. The van der Waals surface area contributed by atoms with Crippen LogP contribution >= 0.6 is 11.8 Å². The SMILES string of the molecule is CC(C)(C)[Si](C)(C)OC[C@H]1O[C@H](Sc2ccccc2)[C@H](N=[N+]=[N-])[C@@H](OCc2ccccc2)[C@@H]1OCc1ccccc1. The molecule has 0 bridgehead atoms. The third-order valence-electron chi connectivity index (χ3n) is 7.78. The average Bonchev–Trinajstić information content (AvgIpc) is 2.96. The quantitative estimate of drug-likeness (QED) is 0.0914. The van der Waals surface area contributed by atoms with E-state index in [-0.39, 0.29) is 5.04 Å². The van der Waals surface area contributed by atoms with Crippen LogP contribution in [-0.2, 0) is 31.9 Å². The molecule has 1 heterocycles. The summed E-state index contributed by atoms with van der Waals surface area (Å²) in [5, 5.41) is 4.28. The summed E-state index contributed by atoms with van der Waals surface area (Å²) in [5.41, 5.74) is 11.2. The van der Waals surface area contributed by atoms with Crippen molar-refractivity contribution in [2.24, 2.45) is 5.11 Å². The Morgan fingerprint density at radius 1 is 0.829 bits per heavy atom. The van der Waals surface area contributed by atoms with Gasteiger partial charge in [-0.1, -0.05) is 117 Å². The van der Waals surface area contributed by atoms with Crippen molar-refractivity contribution in [1.82, 2.24) is 0 Å². The molecule has 0 aromatic heterocycles. The van der Waals surface area contributed by atoms with E-state index in [9.17, 15) is 5.53 Å². The molecular formula is C32H41N3O4SSi. The lowest BCUT2D eigenvalue weighted by atomic mass is 9.97. The smallest absolute Gasteiger partial charge is 0.192 e. The molecule has 0 unspecified atom stereocenters. The second-order valence-corrected chi connectivity index (χ2v) is 17.7. The van der Waals surface area contributed by atoms with Crippen LogP contribution in [0.4, 0.5) is 0 Å². The molecule has 3 aromatic carbocycles. The molecule has 1 fully saturated rings. The lowest BCUT2D eigenvalue weighted by Gasteiger charge is -2.46. The van der Waals surface area contributed by atoms with Crippen molar-refractivity contribution < 1.29 is 18.6 Å². The molecule has 1 aliphatic heterocycles. The van der Waals surface area contributed by atoms with Gasteiger partial charge in [-0.05, 0) is 46.9 Å². The number of ether oxygens (including phenoxy) is 3. The predicted octanol–water partition coefficient (Wildman–Crippen LogP) is 8.38. The van der Waals surface area contributed by atoms with Gasteiger partial charge in [-0.15, -0.1) is 0 Å². The maximum Gasteiger partial charge on any atom is 0.192 e. The number of azide groups is 1. The van der Waals surface area contributed by atoms with E-state index in [1.807, 2.05) is 91.0 Å². The Morgan fingerprint density at radius 2 is 1.34 bits per heavy atom. The molecule has 4 rings (SSSR count). The van der Waals surface area contributed by atoms with Crippen molar-refractivity contribution in [3.8, 4) is 0 Å². The molecule has 0 saturated carbocycles. The Labute approximate surface area is 249 Å². The van der Waals surface area contributed by atoms with Crippen LogP contribution in [-0.4, -0.2) is 44.7 Å². The van der Waals surface area contributed by atoms with Gasteiger partial charge in [0.15, 0.2) is 8.32 Å². The summed E-state index contributed by atoms with van der Waals surface area (Å²) in [6, 6.07) is 29.4. The number of benzene rings is 3. The van der Waals surface area contributed by atoms with Crippen LogP contribution in [0.3, 0.4) is 0 Å². The fourth-order valence-corrected chi connectivity index (χ4v) is 6.51. The van der Waals surface area contributed by atoms with Gasteiger partial charge in [-0.3, -0.25) is 0 Å². The number of hydrogen-bond donors (Lipinski definition) is 0. The molecule has 9 heteroatoms. The van der Waals surface area contributed by atoms with Gasteiger partial charge in [-0.2, -0.15) is 0 Å². The van der Waals surface area contributed by atoms with Crippen LogP contribution in [0, 0.1) is 0 Å². The maximum absolute atomic E-state index is 9.64. The zero-order chi connectivity index (χ0) is 29.3. The molecule has 1 aliphatic rings. The molecule has 7 nitrogen and oxygen atoms in total. The van der Waals surface area contributed by atoms with Gasteiger partial charge >= 0.3 is 0 Å². The van der Waals surface area contributed by atoms with Crippen molar-refractivity contribution >= 4 is 20.1 Å².